The van der Waals surface area contributed by atoms with Crippen LogP contribution < -0.4 is 5.73 Å². The molecular weight excluding hydrogens is 322 g/mol. The summed E-state index contributed by atoms with van der Waals surface area (Å²) in [5.41, 5.74) is 6.64. The first-order valence-corrected chi connectivity index (χ1v) is 7.50. The summed E-state index contributed by atoms with van der Waals surface area (Å²) in [4.78, 5) is 40.4. The number of nitrogens with two attached hydrogens (primary N) is 1. The average molecular weight is 333 g/mol. The minimum Gasteiger partial charge on any atom is -0.397 e. The molecule has 0 amide bonds. The van der Waals surface area contributed by atoms with Crippen LogP contribution in [0.3, 0.4) is 0 Å². The Morgan fingerprint density at radius 3 is 2.52 bits per heavy atom. The molecule has 1 aliphatic rings. The van der Waals surface area contributed by atoms with E-state index < -0.39 is 22.4 Å². The highest BCUT2D eigenvalue weighted by Gasteiger charge is 2.44. The van der Waals surface area contributed by atoms with Gasteiger partial charge in [-0.25, -0.2) is 4.98 Å². The van der Waals surface area contributed by atoms with Gasteiger partial charge in [-0.05, 0) is 12.1 Å². The fourth-order valence-corrected chi connectivity index (χ4v) is 3.19. The van der Waals surface area contributed by atoms with Crippen molar-refractivity contribution >= 4 is 33.8 Å². The van der Waals surface area contributed by atoms with Gasteiger partial charge in [-0.15, -0.1) is 0 Å². The second kappa shape index (κ2) is 5.20. The molecule has 3 aromatic rings. The lowest BCUT2D eigenvalue weighted by molar-refractivity contribution is -0.385. The molecule has 7 heteroatoms. The lowest BCUT2D eigenvalue weighted by Gasteiger charge is -2.08. The van der Waals surface area contributed by atoms with Gasteiger partial charge in [0.25, 0.3) is 5.69 Å². The van der Waals surface area contributed by atoms with E-state index in [0.717, 1.165) is 5.39 Å². The van der Waals surface area contributed by atoms with Gasteiger partial charge in [0.1, 0.15) is 11.5 Å². The zero-order chi connectivity index (χ0) is 17.7. The van der Waals surface area contributed by atoms with Crippen molar-refractivity contribution < 1.29 is 14.5 Å². The van der Waals surface area contributed by atoms with Crippen LogP contribution in [-0.4, -0.2) is 21.5 Å². The van der Waals surface area contributed by atoms with Gasteiger partial charge in [0.15, 0.2) is 11.6 Å². The van der Waals surface area contributed by atoms with Gasteiger partial charge in [0, 0.05) is 17.0 Å². The molecule has 25 heavy (non-hydrogen) atoms. The van der Waals surface area contributed by atoms with Crippen LogP contribution in [0.15, 0.2) is 48.5 Å². The highest BCUT2D eigenvalue weighted by atomic mass is 16.6. The van der Waals surface area contributed by atoms with Crippen molar-refractivity contribution in [1.29, 1.82) is 0 Å². The molecule has 4 rings (SSSR count). The summed E-state index contributed by atoms with van der Waals surface area (Å²) >= 11 is 0. The number of aromatic nitrogens is 1. The highest BCUT2D eigenvalue weighted by Crippen LogP contribution is 2.38. The summed E-state index contributed by atoms with van der Waals surface area (Å²) < 4.78 is 0. The van der Waals surface area contributed by atoms with Gasteiger partial charge in [-0.2, -0.15) is 0 Å². The van der Waals surface area contributed by atoms with Gasteiger partial charge < -0.3 is 5.73 Å². The Morgan fingerprint density at radius 1 is 1.00 bits per heavy atom. The molecule has 1 heterocycles. The maximum atomic E-state index is 12.8. The Bertz CT molecular complexity index is 1090. The van der Waals surface area contributed by atoms with Crippen LogP contribution in [0.1, 0.15) is 32.3 Å². The van der Waals surface area contributed by atoms with Crippen molar-refractivity contribution in [2.24, 2.45) is 0 Å². The number of rotatable bonds is 2. The smallest absolute Gasteiger partial charge is 0.280 e. The topological polar surface area (TPSA) is 116 Å². The normalized spacial score (nSPS) is 16.2. The predicted molar refractivity (Wildman–Crippen MR) is 90.7 cm³/mol. The maximum absolute atomic E-state index is 12.8. The number of benzene rings is 2. The number of nitro groups is 1. The molecule has 0 aliphatic heterocycles. The van der Waals surface area contributed by atoms with Crippen molar-refractivity contribution in [2.45, 2.75) is 5.92 Å². The Labute approximate surface area is 141 Å². The molecule has 1 atom stereocenters. The third-order valence-electron chi connectivity index (χ3n) is 4.34. The number of nitro benzene ring substituents is 1. The number of nitrogen functional groups attached to an aromatic ring is 1. The SMILES string of the molecule is Nc1cccc2ccc(C3C(=O)c4cccc([N+](=O)[O-])c4C3=O)nc12. The third-order valence-corrected chi connectivity index (χ3v) is 4.34. The minimum atomic E-state index is -1.18. The fourth-order valence-electron chi connectivity index (χ4n) is 3.19. The predicted octanol–water partition coefficient (Wildman–Crippen LogP) is 2.89. The third kappa shape index (κ3) is 2.09. The van der Waals surface area contributed by atoms with Crippen molar-refractivity contribution in [3.8, 4) is 0 Å². The molecule has 1 aliphatic carbocycles. The van der Waals surface area contributed by atoms with E-state index in [2.05, 4.69) is 4.98 Å². The summed E-state index contributed by atoms with van der Waals surface area (Å²) in [5.74, 6) is -2.26. The number of Topliss-reactive ketones (excluding diaryl/α,β-unsaturated/α-hetero) is 2. The van der Waals surface area contributed by atoms with E-state index >= 15 is 0 Å². The maximum Gasteiger partial charge on any atom is 0.280 e. The number of anilines is 1. The molecule has 2 aromatic carbocycles. The van der Waals surface area contributed by atoms with E-state index in [1.807, 2.05) is 6.07 Å². The molecule has 122 valence electrons. The van der Waals surface area contributed by atoms with Gasteiger partial charge in [0.2, 0.25) is 0 Å². The van der Waals surface area contributed by atoms with Crippen LogP contribution in [0.2, 0.25) is 0 Å². The van der Waals surface area contributed by atoms with Crippen molar-refractivity contribution in [1.82, 2.24) is 4.98 Å². The van der Waals surface area contributed by atoms with Crippen LogP contribution in [0.5, 0.6) is 0 Å². The molecule has 0 saturated heterocycles. The average Bonchev–Trinajstić information content (AvgIpc) is 2.86. The van der Waals surface area contributed by atoms with Crippen LogP contribution in [-0.2, 0) is 0 Å². The first-order chi connectivity index (χ1) is 12.0. The van der Waals surface area contributed by atoms with E-state index in [-0.39, 0.29) is 22.5 Å². The van der Waals surface area contributed by atoms with Crippen LogP contribution in [0.25, 0.3) is 10.9 Å². The summed E-state index contributed by atoms with van der Waals surface area (Å²) in [6, 6.07) is 12.6. The quantitative estimate of drug-likeness (QED) is 0.333. The Balaban J connectivity index is 1.89. The van der Waals surface area contributed by atoms with Crippen molar-refractivity contribution in [3.05, 3.63) is 75.5 Å². The Hall–Kier alpha value is -3.61. The minimum absolute atomic E-state index is 0.0622. The van der Waals surface area contributed by atoms with Gasteiger partial charge >= 0.3 is 0 Å². The summed E-state index contributed by atoms with van der Waals surface area (Å²) in [6.07, 6.45) is 0. The molecule has 0 bridgehead atoms. The van der Waals surface area contributed by atoms with E-state index in [1.165, 1.54) is 18.2 Å². The fraction of sp³-hybridized carbons (Fsp3) is 0.0556. The largest absolute Gasteiger partial charge is 0.397 e. The number of pyridine rings is 1. The van der Waals surface area contributed by atoms with E-state index in [1.54, 1.807) is 24.3 Å². The van der Waals surface area contributed by atoms with Crippen LogP contribution >= 0.6 is 0 Å². The standard InChI is InChI=1S/C18H11N3O4/c19-11-5-1-3-9-7-8-12(20-16(9)11)15-17(22)10-4-2-6-13(21(24)25)14(10)18(15)23/h1-8,15H,19H2. The molecule has 1 unspecified atom stereocenters. The number of hydrogen-bond donors (Lipinski definition) is 1. The lowest BCUT2D eigenvalue weighted by Crippen LogP contribution is -2.15. The van der Waals surface area contributed by atoms with Gasteiger partial charge in [-0.3, -0.25) is 19.7 Å². The number of carbonyl (C=O) groups excluding carboxylic acids is 2. The zero-order valence-electron chi connectivity index (χ0n) is 12.8. The van der Waals surface area contributed by atoms with Crippen LogP contribution in [0.4, 0.5) is 11.4 Å². The van der Waals surface area contributed by atoms with E-state index in [4.69, 9.17) is 5.73 Å². The second-order valence-corrected chi connectivity index (χ2v) is 5.77. The number of carbonyl (C=O) groups is 2. The first-order valence-electron chi connectivity index (χ1n) is 7.50. The number of para-hydroxylation sites is 1. The summed E-state index contributed by atoms with van der Waals surface area (Å²) in [7, 11) is 0. The molecule has 2 N–H and O–H groups in total. The molecule has 0 fully saturated rings. The lowest BCUT2D eigenvalue weighted by atomic mass is 9.98. The number of fused-ring (bicyclic) bond motifs is 2. The zero-order valence-corrected chi connectivity index (χ0v) is 12.8. The second-order valence-electron chi connectivity index (χ2n) is 5.77. The van der Waals surface area contributed by atoms with Crippen LogP contribution in [0, 0.1) is 10.1 Å². The Morgan fingerprint density at radius 2 is 1.76 bits per heavy atom. The van der Waals surface area contributed by atoms with Crippen molar-refractivity contribution in [2.75, 3.05) is 5.73 Å². The van der Waals surface area contributed by atoms with E-state index in [0.29, 0.717) is 11.2 Å². The molecule has 0 saturated carbocycles. The first kappa shape index (κ1) is 14.9. The monoisotopic (exact) mass is 333 g/mol. The highest BCUT2D eigenvalue weighted by molar-refractivity contribution is 6.31. The van der Waals surface area contributed by atoms with Gasteiger partial charge in [-0.1, -0.05) is 30.3 Å². The number of nitrogens with zero attached hydrogens (tertiary/aromatic N) is 2. The number of ketones is 2. The number of hydrogen-bond acceptors (Lipinski definition) is 6. The summed E-state index contributed by atoms with van der Waals surface area (Å²) in [6.45, 7) is 0. The van der Waals surface area contributed by atoms with E-state index in [9.17, 15) is 19.7 Å². The molecule has 7 nitrogen and oxygen atoms in total. The van der Waals surface area contributed by atoms with Crippen molar-refractivity contribution in [3.63, 3.8) is 0 Å². The summed E-state index contributed by atoms with van der Waals surface area (Å²) in [5, 5.41) is 12.0. The molecule has 1 aromatic heterocycles. The molecule has 0 radical (unpaired) electrons. The molecule has 0 spiro atoms. The Kier molecular flexibility index (Phi) is 3.11. The van der Waals surface area contributed by atoms with Gasteiger partial charge in [0.05, 0.1) is 21.8 Å². The molecular formula is C18H11N3O4.